The molecule has 2 nitrogen and oxygen atoms in total. The van der Waals surface area contributed by atoms with E-state index >= 15 is 0 Å². The maximum absolute atomic E-state index is 10.1. The van der Waals surface area contributed by atoms with Crippen molar-refractivity contribution in [3.8, 4) is 65.5 Å². The van der Waals surface area contributed by atoms with Crippen molar-refractivity contribution in [3.63, 3.8) is 0 Å². The van der Waals surface area contributed by atoms with Crippen molar-refractivity contribution < 1.29 is 48.0 Å². The Hall–Kier alpha value is -7.72. The highest BCUT2D eigenvalue weighted by molar-refractivity contribution is 7.20. The van der Waals surface area contributed by atoms with Crippen molar-refractivity contribution in [2.75, 3.05) is 0 Å². The third kappa shape index (κ3) is 5.93. The van der Waals surface area contributed by atoms with Gasteiger partial charge < -0.3 is 0 Å². The molecule has 0 bridgehead atoms. The van der Waals surface area contributed by atoms with Gasteiger partial charge in [-0.3, -0.25) is 4.98 Å². The summed E-state index contributed by atoms with van der Waals surface area (Å²) in [6.45, 7) is 0. The summed E-state index contributed by atoms with van der Waals surface area (Å²) in [5.41, 5.74) is -9.31. The minimum Gasteiger partial charge on any atom is -0.254 e. The number of hydrogen-bond donors (Lipinski definition) is 0. The van der Waals surface area contributed by atoms with E-state index in [1.807, 2.05) is 0 Å². The predicted octanol–water partition coefficient (Wildman–Crippen LogP) is 16.3. The highest BCUT2D eigenvalue weighted by Crippen LogP contribution is 2.54. The van der Waals surface area contributed by atoms with E-state index in [1.54, 1.807) is 0 Å². The Bertz CT molecular complexity index is 5670. The Morgan fingerprint density at radius 1 is 0.361 bits per heavy atom. The van der Waals surface area contributed by atoms with Crippen LogP contribution in [0.2, 0.25) is 0 Å². The molecule has 0 atom stereocenters. The van der Waals surface area contributed by atoms with Crippen LogP contribution in [0.25, 0.3) is 120 Å². The molecule has 12 aromatic rings. The third-order valence-electron chi connectivity index (χ3n) is 9.62. The average molecular weight is 828 g/mol. The van der Waals surface area contributed by atoms with Crippen molar-refractivity contribution in [3.05, 3.63) is 218 Å². The molecule has 0 fully saturated rings. The van der Waals surface area contributed by atoms with Crippen LogP contribution in [0.15, 0.2) is 218 Å². The van der Waals surface area contributed by atoms with E-state index in [0.29, 0.717) is 11.3 Å². The molecule has 0 unspecified atom stereocenters. The van der Waals surface area contributed by atoms with Crippen LogP contribution in [0.4, 0.5) is 0 Å². The number of hydrogen-bond acceptors (Lipinski definition) is 3. The van der Waals surface area contributed by atoms with Crippen LogP contribution < -0.4 is 0 Å². The number of pyridine rings is 2. The van der Waals surface area contributed by atoms with Gasteiger partial charge >= 0.3 is 0 Å². The molecule has 3 aromatic heterocycles. The molecule has 0 radical (unpaired) electrons. The lowest BCUT2D eigenvalue weighted by Gasteiger charge is -2.15. The van der Waals surface area contributed by atoms with Gasteiger partial charge in [0, 0.05) is 49.0 Å². The molecule has 9 aromatic carbocycles. The normalized spacial score (nSPS) is 19.6. The summed E-state index contributed by atoms with van der Waals surface area (Å²) in [6.07, 6.45) is -0.811. The average Bonchev–Trinajstić information content (AvgIpc) is 1.19. The molecule has 0 saturated heterocycles. The molecule has 0 N–H and O–H groups in total. The largest absolute Gasteiger partial charge is 0.254 e. The van der Waals surface area contributed by atoms with Gasteiger partial charge in [-0.1, -0.05) is 193 Å². The number of thiophene rings is 1. The summed E-state index contributed by atoms with van der Waals surface area (Å²) >= 11 is 0.319. The van der Waals surface area contributed by atoms with Gasteiger partial charge in [-0.15, -0.1) is 11.3 Å². The van der Waals surface area contributed by atoms with Crippen LogP contribution in [0.1, 0.15) is 48.0 Å². The van der Waals surface area contributed by atoms with E-state index in [4.69, 9.17) is 27.4 Å². The lowest BCUT2D eigenvalue weighted by atomic mass is 9.88. The summed E-state index contributed by atoms with van der Waals surface area (Å²) in [4.78, 5) is 7.28. The molecule has 0 spiro atoms. The highest BCUT2D eigenvalue weighted by Gasteiger charge is 2.25. The molecule has 0 saturated carbocycles. The van der Waals surface area contributed by atoms with Gasteiger partial charge in [-0.25, -0.2) is 4.98 Å². The zero-order chi connectivity index (χ0) is 70.7. The molecule has 12 rings (SSSR count). The summed E-state index contributed by atoms with van der Waals surface area (Å²) in [5, 5.41) is -5.23. The second-order valence-electron chi connectivity index (χ2n) is 13.0. The second kappa shape index (κ2) is 14.5. The number of rotatable bonds is 6. The lowest BCUT2D eigenvalue weighted by molar-refractivity contribution is 1.37. The zero-order valence-corrected chi connectivity index (χ0v) is 31.2. The minimum atomic E-state index is -1.24. The maximum atomic E-state index is 10.1. The number of nitrogens with zero attached hydrogens (tertiary/aromatic N) is 2. The minimum absolute atomic E-state index is 0.319. The fourth-order valence-electron chi connectivity index (χ4n) is 6.99. The van der Waals surface area contributed by atoms with Crippen LogP contribution in [-0.4, -0.2) is 9.97 Å². The first kappa shape index (κ1) is 14.8. The van der Waals surface area contributed by atoms with Gasteiger partial charge in [0.25, 0.3) is 0 Å². The van der Waals surface area contributed by atoms with Gasteiger partial charge in [-0.2, -0.15) is 0 Å². The number of fused-ring (bicyclic) bond motifs is 7. The second-order valence-corrected chi connectivity index (χ2v) is 14.0. The highest BCUT2D eigenvalue weighted by atomic mass is 32.1. The maximum Gasteiger partial charge on any atom is 0.0972 e. The Kier molecular flexibility index (Phi) is 3.52. The van der Waals surface area contributed by atoms with Crippen LogP contribution in [0, 0.1) is 0 Å². The first-order valence-electron chi connectivity index (χ1n) is 35.4. The Labute approximate surface area is 406 Å². The Morgan fingerprint density at radius 2 is 0.918 bits per heavy atom. The Morgan fingerprint density at radius 3 is 1.72 bits per heavy atom. The van der Waals surface area contributed by atoms with Gasteiger partial charge in [0.05, 0.1) is 64.7 Å². The number of benzene rings is 9. The molecule has 0 aliphatic heterocycles. The van der Waals surface area contributed by atoms with Crippen LogP contribution in [-0.2, 0) is 0 Å². The molecule has 61 heavy (non-hydrogen) atoms. The van der Waals surface area contributed by atoms with Gasteiger partial charge in [0.1, 0.15) is 0 Å². The molecule has 284 valence electrons. The van der Waals surface area contributed by atoms with E-state index < -0.39 is 331 Å². The van der Waals surface area contributed by atoms with E-state index in [9.17, 15) is 20.6 Å². The van der Waals surface area contributed by atoms with Crippen molar-refractivity contribution in [2.45, 2.75) is 0 Å². The molecular formula is C58H36N2S. The van der Waals surface area contributed by atoms with Crippen molar-refractivity contribution in [2.24, 2.45) is 0 Å². The zero-order valence-electron chi connectivity index (χ0n) is 65.4. The molecule has 0 aliphatic carbocycles. The molecule has 3 heteroatoms. The number of aromatic nitrogens is 2. The SMILES string of the molecule is [2H]c1cc(-c2sc(-c3c([2H])c4c([2H])c([2H])c([2H])c([2H])c4c4c([2H])c([2H])c([2H])c([2H])c34)c(-c3c([2H])c([2H])c([2H])c([2H])c3[2H])c2-c2c([2H])c([2H])c(-c3c([2H])c([2H])c(-c4nc5c(c([2H])c4[2H])c([2H])c([2H])c4c([2H])c([2H])c([2H])nc45)c4c([2H])c([2H])c([2H])c([2H])c34)c([2H])c2[2H])c([2H])c([2H])c1[2H]. The van der Waals surface area contributed by atoms with Gasteiger partial charge in [0.2, 0.25) is 0 Å². The molecule has 0 amide bonds. The summed E-state index contributed by atoms with van der Waals surface area (Å²) in [5.74, 6) is 0. The van der Waals surface area contributed by atoms with Crippen LogP contribution >= 0.6 is 11.3 Å². The lowest BCUT2D eigenvalue weighted by Crippen LogP contribution is -1.91. The quantitative estimate of drug-likeness (QED) is 0.156. The van der Waals surface area contributed by atoms with Crippen LogP contribution in [0.5, 0.6) is 0 Å². The van der Waals surface area contributed by atoms with E-state index in [2.05, 4.69) is 9.97 Å². The van der Waals surface area contributed by atoms with E-state index in [0.717, 1.165) is 6.07 Å². The predicted molar refractivity (Wildman–Crippen MR) is 260 cm³/mol. The summed E-state index contributed by atoms with van der Waals surface area (Å²) in [7, 11) is 0. The van der Waals surface area contributed by atoms with E-state index in [-0.39, 0.29) is 0 Å². The fraction of sp³-hybridized carbons (Fsp3) is 0. The van der Waals surface area contributed by atoms with Crippen molar-refractivity contribution in [1.29, 1.82) is 0 Å². The monoisotopic (exact) mass is 827 g/mol. The summed E-state index contributed by atoms with van der Waals surface area (Å²) < 4.78 is 320. The van der Waals surface area contributed by atoms with Gasteiger partial charge in [-0.05, 0) is 78.3 Å². The standard InChI is InChI=1S/C58H36N2S/c1-3-14-38(15-4-1)54-53(57(42-16-5-2-6-17-42)61-58(54)51-36-43-18-7-8-20-44(43)46-21-10-12-24-49(46)51)39-27-25-37(26-28-39)45-32-33-50(48-23-11-9-22-47(45)48)52-34-31-41-30-29-40-19-13-35-59-55(40)56(41)60-52/h1-36H/i1D,2D,3D,4D,5D,6D,7D,8D,9D,10D,11D,12D,13D,14D,15D,16D,18D,19D,20D,21D,22D,23D,24D,25D,26D,27D,28D,29D,30D,31D,32D,33D,34D,35D,36D. The van der Waals surface area contributed by atoms with Crippen molar-refractivity contribution >= 4 is 65.5 Å². The third-order valence-corrected chi connectivity index (χ3v) is 10.9. The van der Waals surface area contributed by atoms with Gasteiger partial charge in [0.15, 0.2) is 0 Å². The fourth-order valence-corrected chi connectivity index (χ4v) is 8.28. The van der Waals surface area contributed by atoms with E-state index in [1.165, 1.54) is 0 Å². The van der Waals surface area contributed by atoms with Crippen LogP contribution in [0.3, 0.4) is 0 Å². The molecule has 0 aliphatic rings. The molecule has 3 heterocycles. The van der Waals surface area contributed by atoms with Crippen molar-refractivity contribution in [1.82, 2.24) is 9.97 Å². The topological polar surface area (TPSA) is 25.8 Å². The Balaban J connectivity index is 1.29. The first-order valence-corrected chi connectivity index (χ1v) is 18.7. The molecular weight excluding hydrogens is 757 g/mol. The first-order chi connectivity index (χ1) is 44.8. The smallest absolute Gasteiger partial charge is 0.0972 e. The summed E-state index contributed by atoms with van der Waals surface area (Å²) in [6, 6.07) is -32.5.